The smallest absolute Gasteiger partial charge is 0.158 e. The molecule has 0 bridgehead atoms. The third kappa shape index (κ3) is 1.75. The highest BCUT2D eigenvalue weighted by atomic mass is 15.3. The lowest BCUT2D eigenvalue weighted by Crippen LogP contribution is -2.30. The molecule has 2 aromatic heterocycles. The van der Waals surface area contributed by atoms with Gasteiger partial charge in [-0.25, -0.2) is 9.67 Å². The first kappa shape index (κ1) is 11.2. The molecule has 2 aromatic rings. The van der Waals surface area contributed by atoms with Gasteiger partial charge in [0.25, 0.3) is 0 Å². The first-order valence-electron chi connectivity index (χ1n) is 6.25. The fourth-order valence-electron chi connectivity index (χ4n) is 2.54. The number of aryl methyl sites for hydroxylation is 1. The number of hydrogen-bond acceptors (Lipinski definition) is 4. The molecule has 0 atom stereocenters. The Labute approximate surface area is 105 Å². The van der Waals surface area contributed by atoms with Crippen molar-refractivity contribution in [2.75, 3.05) is 13.1 Å². The molecular weight excluding hydrogens is 226 g/mol. The standard InChI is InChI=1S/C13H15N5/c1-9-12-6-10(7-14)8-16-13(12)18(17-9)11-2-4-15-5-3-11/h6,8,11,15H,2-5H2,1H3. The third-order valence-corrected chi connectivity index (χ3v) is 3.51. The average Bonchev–Trinajstić information content (AvgIpc) is 2.77. The highest BCUT2D eigenvalue weighted by molar-refractivity contribution is 5.79. The molecule has 0 unspecified atom stereocenters. The van der Waals surface area contributed by atoms with E-state index in [1.54, 1.807) is 6.20 Å². The van der Waals surface area contributed by atoms with Crippen LogP contribution in [0.2, 0.25) is 0 Å². The Morgan fingerprint density at radius 1 is 1.44 bits per heavy atom. The zero-order valence-corrected chi connectivity index (χ0v) is 10.3. The Kier molecular flexibility index (Phi) is 2.73. The topological polar surface area (TPSA) is 66.5 Å². The maximum absolute atomic E-state index is 8.92. The lowest BCUT2D eigenvalue weighted by atomic mass is 10.1. The van der Waals surface area contributed by atoms with Gasteiger partial charge in [-0.1, -0.05) is 0 Å². The molecule has 1 N–H and O–H groups in total. The molecule has 1 saturated heterocycles. The lowest BCUT2D eigenvalue weighted by Gasteiger charge is -2.23. The van der Waals surface area contributed by atoms with E-state index >= 15 is 0 Å². The fourth-order valence-corrected chi connectivity index (χ4v) is 2.54. The normalized spacial score (nSPS) is 16.9. The molecule has 92 valence electrons. The van der Waals surface area contributed by atoms with Crippen molar-refractivity contribution >= 4 is 11.0 Å². The Morgan fingerprint density at radius 3 is 2.94 bits per heavy atom. The van der Waals surface area contributed by atoms with Crippen LogP contribution in [-0.2, 0) is 0 Å². The highest BCUT2D eigenvalue weighted by Gasteiger charge is 2.19. The summed E-state index contributed by atoms with van der Waals surface area (Å²) in [6.07, 6.45) is 3.79. The van der Waals surface area contributed by atoms with Gasteiger partial charge in [-0.15, -0.1) is 0 Å². The molecule has 0 spiro atoms. The van der Waals surface area contributed by atoms with E-state index in [0.29, 0.717) is 11.6 Å². The van der Waals surface area contributed by atoms with E-state index in [1.807, 2.05) is 17.7 Å². The molecule has 5 heteroatoms. The zero-order valence-electron chi connectivity index (χ0n) is 10.3. The molecule has 1 aliphatic rings. The first-order valence-corrected chi connectivity index (χ1v) is 6.25. The van der Waals surface area contributed by atoms with Crippen LogP contribution in [-0.4, -0.2) is 27.9 Å². The van der Waals surface area contributed by atoms with Crippen LogP contribution in [0.15, 0.2) is 12.3 Å². The van der Waals surface area contributed by atoms with E-state index in [1.165, 1.54) is 0 Å². The van der Waals surface area contributed by atoms with Gasteiger partial charge in [0.1, 0.15) is 6.07 Å². The second kappa shape index (κ2) is 4.39. The van der Waals surface area contributed by atoms with Gasteiger partial charge in [-0.3, -0.25) is 0 Å². The summed E-state index contributed by atoms with van der Waals surface area (Å²) < 4.78 is 2.03. The van der Waals surface area contributed by atoms with Crippen molar-refractivity contribution in [3.05, 3.63) is 23.5 Å². The molecule has 0 amide bonds. The van der Waals surface area contributed by atoms with Crippen LogP contribution in [0.4, 0.5) is 0 Å². The van der Waals surface area contributed by atoms with Crippen molar-refractivity contribution in [3.63, 3.8) is 0 Å². The summed E-state index contributed by atoms with van der Waals surface area (Å²) >= 11 is 0. The van der Waals surface area contributed by atoms with Gasteiger partial charge >= 0.3 is 0 Å². The van der Waals surface area contributed by atoms with Gasteiger partial charge in [-0.05, 0) is 38.9 Å². The van der Waals surface area contributed by atoms with Gasteiger partial charge < -0.3 is 5.32 Å². The molecule has 5 nitrogen and oxygen atoms in total. The largest absolute Gasteiger partial charge is 0.317 e. The number of piperidine rings is 1. The van der Waals surface area contributed by atoms with Crippen molar-refractivity contribution < 1.29 is 0 Å². The number of rotatable bonds is 1. The summed E-state index contributed by atoms with van der Waals surface area (Å²) in [6, 6.07) is 4.42. The van der Waals surface area contributed by atoms with Crippen molar-refractivity contribution in [2.24, 2.45) is 0 Å². The summed E-state index contributed by atoms with van der Waals surface area (Å²) in [5.41, 5.74) is 2.45. The lowest BCUT2D eigenvalue weighted by molar-refractivity contribution is 0.349. The third-order valence-electron chi connectivity index (χ3n) is 3.51. The minimum absolute atomic E-state index is 0.419. The van der Waals surface area contributed by atoms with Gasteiger partial charge in [-0.2, -0.15) is 10.4 Å². The first-order chi connectivity index (χ1) is 8.79. The van der Waals surface area contributed by atoms with Crippen LogP contribution in [0.1, 0.15) is 30.1 Å². The van der Waals surface area contributed by atoms with Crippen LogP contribution >= 0.6 is 0 Å². The second-order valence-electron chi connectivity index (χ2n) is 4.72. The molecule has 0 aromatic carbocycles. The molecule has 0 saturated carbocycles. The van der Waals surface area contributed by atoms with E-state index in [9.17, 15) is 0 Å². The molecule has 0 aliphatic carbocycles. The van der Waals surface area contributed by atoms with Gasteiger partial charge in [0.05, 0.1) is 17.3 Å². The number of fused-ring (bicyclic) bond motifs is 1. The second-order valence-corrected chi connectivity index (χ2v) is 4.72. The minimum atomic E-state index is 0.419. The summed E-state index contributed by atoms with van der Waals surface area (Å²) in [5, 5.41) is 17.9. The van der Waals surface area contributed by atoms with Crippen LogP contribution in [0, 0.1) is 18.3 Å². The summed E-state index contributed by atoms with van der Waals surface area (Å²) in [6.45, 7) is 4.03. The van der Waals surface area contributed by atoms with Crippen molar-refractivity contribution in [2.45, 2.75) is 25.8 Å². The predicted octanol–water partition coefficient (Wildman–Crippen LogP) is 1.54. The van der Waals surface area contributed by atoms with E-state index in [0.717, 1.165) is 42.7 Å². The number of nitrogens with one attached hydrogen (secondary N) is 1. The van der Waals surface area contributed by atoms with E-state index in [4.69, 9.17) is 5.26 Å². The monoisotopic (exact) mass is 241 g/mol. The number of aromatic nitrogens is 3. The Morgan fingerprint density at radius 2 is 2.22 bits per heavy atom. The Hall–Kier alpha value is -1.93. The predicted molar refractivity (Wildman–Crippen MR) is 68.1 cm³/mol. The number of nitrogens with zero attached hydrogens (tertiary/aromatic N) is 4. The average molecular weight is 241 g/mol. The SMILES string of the molecule is Cc1nn(C2CCNCC2)c2ncc(C#N)cc12. The van der Waals surface area contributed by atoms with Gasteiger partial charge in [0.15, 0.2) is 5.65 Å². The van der Waals surface area contributed by atoms with Gasteiger partial charge in [0.2, 0.25) is 0 Å². The molecule has 18 heavy (non-hydrogen) atoms. The number of pyridine rings is 1. The molecule has 3 rings (SSSR count). The summed E-state index contributed by atoms with van der Waals surface area (Å²) in [7, 11) is 0. The van der Waals surface area contributed by atoms with Crippen LogP contribution in [0.5, 0.6) is 0 Å². The van der Waals surface area contributed by atoms with Crippen LogP contribution in [0.25, 0.3) is 11.0 Å². The summed E-state index contributed by atoms with van der Waals surface area (Å²) in [5.74, 6) is 0. The van der Waals surface area contributed by atoms with Crippen molar-refractivity contribution in [3.8, 4) is 6.07 Å². The van der Waals surface area contributed by atoms with Crippen LogP contribution in [0.3, 0.4) is 0 Å². The molecule has 3 heterocycles. The Bertz CT molecular complexity index is 616. The quantitative estimate of drug-likeness (QED) is 0.822. The van der Waals surface area contributed by atoms with E-state index in [2.05, 4.69) is 21.5 Å². The molecule has 1 aliphatic heterocycles. The van der Waals surface area contributed by atoms with E-state index < -0.39 is 0 Å². The zero-order chi connectivity index (χ0) is 12.5. The van der Waals surface area contributed by atoms with E-state index in [-0.39, 0.29) is 0 Å². The fraction of sp³-hybridized carbons (Fsp3) is 0.462. The maximum Gasteiger partial charge on any atom is 0.158 e. The number of nitriles is 1. The maximum atomic E-state index is 8.92. The Balaban J connectivity index is 2.10. The molecule has 0 radical (unpaired) electrons. The minimum Gasteiger partial charge on any atom is -0.317 e. The highest BCUT2D eigenvalue weighted by Crippen LogP contribution is 2.25. The van der Waals surface area contributed by atoms with Crippen LogP contribution < -0.4 is 5.32 Å². The van der Waals surface area contributed by atoms with Gasteiger partial charge in [0, 0.05) is 11.6 Å². The molecule has 1 fully saturated rings. The van der Waals surface area contributed by atoms with Crippen molar-refractivity contribution in [1.29, 1.82) is 5.26 Å². The molecular formula is C13H15N5. The number of hydrogen-bond donors (Lipinski definition) is 1. The van der Waals surface area contributed by atoms with Crippen molar-refractivity contribution in [1.82, 2.24) is 20.1 Å². The summed E-state index contributed by atoms with van der Waals surface area (Å²) in [4.78, 5) is 4.41.